The number of carbonyl (C=O) groups is 1. The van der Waals surface area contributed by atoms with Gasteiger partial charge in [0.1, 0.15) is 11.5 Å². The number of aromatic hydroxyl groups is 1. The molecule has 0 atom stereocenters. The van der Waals surface area contributed by atoms with Crippen LogP contribution in [0.1, 0.15) is 6.92 Å². The molecule has 2 aromatic rings. The van der Waals surface area contributed by atoms with Crippen LogP contribution in [0.15, 0.2) is 30.3 Å². The Morgan fingerprint density at radius 1 is 1.31 bits per heavy atom. The number of phenolic OH excluding ortho intramolecular Hbond substituents is 1. The van der Waals surface area contributed by atoms with Gasteiger partial charge in [-0.1, -0.05) is 35.9 Å². The van der Waals surface area contributed by atoms with Crippen molar-refractivity contribution < 1.29 is 14.6 Å². The largest absolute Gasteiger partial charge is 0.506 e. The molecule has 0 radical (unpaired) electrons. The van der Waals surface area contributed by atoms with E-state index in [2.05, 4.69) is 0 Å². The van der Waals surface area contributed by atoms with Gasteiger partial charge in [-0.3, -0.25) is 4.79 Å². The van der Waals surface area contributed by atoms with Gasteiger partial charge in [0.2, 0.25) is 0 Å². The Morgan fingerprint density at radius 2 is 1.94 bits per heavy atom. The van der Waals surface area contributed by atoms with Crippen molar-refractivity contribution in [3.05, 3.63) is 35.4 Å². The molecule has 4 heteroatoms. The van der Waals surface area contributed by atoms with Crippen LogP contribution in [0.4, 0.5) is 0 Å². The maximum atomic E-state index is 10.9. The van der Waals surface area contributed by atoms with E-state index in [0.717, 1.165) is 0 Å². The number of fused-ring (bicyclic) bond motifs is 1. The molecule has 0 aromatic heterocycles. The Hall–Kier alpha value is -1.74. The molecule has 3 nitrogen and oxygen atoms in total. The SMILES string of the molecule is CC(=O)Oc1cc(Cl)c(O)c2ccccc12. The maximum absolute atomic E-state index is 10.9. The average molecular weight is 237 g/mol. The van der Waals surface area contributed by atoms with E-state index in [1.54, 1.807) is 24.3 Å². The molecule has 0 aliphatic carbocycles. The zero-order valence-corrected chi connectivity index (χ0v) is 9.28. The molecule has 0 fully saturated rings. The normalized spacial score (nSPS) is 10.4. The molecule has 0 amide bonds. The van der Waals surface area contributed by atoms with Gasteiger partial charge in [-0.2, -0.15) is 0 Å². The van der Waals surface area contributed by atoms with Crippen LogP contribution in [0.25, 0.3) is 10.8 Å². The Bertz CT molecular complexity index is 563. The third-order valence-electron chi connectivity index (χ3n) is 2.19. The minimum Gasteiger partial charge on any atom is -0.506 e. The highest BCUT2D eigenvalue weighted by Gasteiger charge is 2.11. The molecular formula is C12H9ClO3. The van der Waals surface area contributed by atoms with Crippen molar-refractivity contribution in [3.63, 3.8) is 0 Å². The number of rotatable bonds is 1. The van der Waals surface area contributed by atoms with Crippen molar-refractivity contribution in [1.82, 2.24) is 0 Å². The lowest BCUT2D eigenvalue weighted by Gasteiger charge is -2.08. The highest BCUT2D eigenvalue weighted by Crippen LogP contribution is 2.38. The van der Waals surface area contributed by atoms with Gasteiger partial charge in [-0.15, -0.1) is 0 Å². The fourth-order valence-corrected chi connectivity index (χ4v) is 1.73. The topological polar surface area (TPSA) is 46.5 Å². The molecule has 2 rings (SSSR count). The minimum atomic E-state index is -0.424. The third kappa shape index (κ3) is 1.82. The summed E-state index contributed by atoms with van der Waals surface area (Å²) in [7, 11) is 0. The zero-order valence-electron chi connectivity index (χ0n) is 8.53. The first-order valence-corrected chi connectivity index (χ1v) is 5.06. The van der Waals surface area contributed by atoms with E-state index in [1.165, 1.54) is 13.0 Å². The van der Waals surface area contributed by atoms with E-state index in [1.807, 2.05) is 0 Å². The standard InChI is InChI=1S/C12H9ClO3/c1-7(14)16-11-6-10(13)12(15)9-5-3-2-4-8(9)11/h2-6,15H,1H3. The highest BCUT2D eigenvalue weighted by atomic mass is 35.5. The van der Waals surface area contributed by atoms with Crippen LogP contribution in [0.3, 0.4) is 0 Å². The van der Waals surface area contributed by atoms with Crippen LogP contribution >= 0.6 is 11.6 Å². The second-order valence-corrected chi connectivity index (χ2v) is 3.75. The van der Waals surface area contributed by atoms with Gasteiger partial charge < -0.3 is 9.84 Å². The number of esters is 1. The predicted molar refractivity (Wildman–Crippen MR) is 61.9 cm³/mol. The summed E-state index contributed by atoms with van der Waals surface area (Å²) in [5.74, 6) is -0.0778. The van der Waals surface area contributed by atoms with Crippen LogP contribution in [0.5, 0.6) is 11.5 Å². The average Bonchev–Trinajstić information content (AvgIpc) is 2.25. The van der Waals surface area contributed by atoms with Crippen LogP contribution in [0.2, 0.25) is 5.02 Å². The molecule has 2 aromatic carbocycles. The van der Waals surface area contributed by atoms with Crippen molar-refractivity contribution in [3.8, 4) is 11.5 Å². The molecule has 0 aliphatic heterocycles. The van der Waals surface area contributed by atoms with Crippen molar-refractivity contribution in [1.29, 1.82) is 0 Å². The molecule has 1 N–H and O–H groups in total. The number of halogens is 1. The molecule has 0 heterocycles. The second-order valence-electron chi connectivity index (χ2n) is 3.34. The van der Waals surface area contributed by atoms with Crippen LogP contribution in [-0.2, 0) is 4.79 Å². The lowest BCUT2D eigenvalue weighted by atomic mass is 10.1. The van der Waals surface area contributed by atoms with Gasteiger partial charge in [-0.05, 0) is 0 Å². The molecule has 16 heavy (non-hydrogen) atoms. The summed E-state index contributed by atoms with van der Waals surface area (Å²) in [5, 5.41) is 11.1. The summed E-state index contributed by atoms with van der Waals surface area (Å²) in [4.78, 5) is 10.9. The third-order valence-corrected chi connectivity index (χ3v) is 2.47. The number of hydrogen-bond acceptors (Lipinski definition) is 3. The first-order valence-electron chi connectivity index (χ1n) is 4.68. The molecule has 0 aliphatic rings. The Balaban J connectivity index is 2.74. The van der Waals surface area contributed by atoms with E-state index in [9.17, 15) is 9.90 Å². The van der Waals surface area contributed by atoms with E-state index >= 15 is 0 Å². The first kappa shape index (κ1) is 10.8. The lowest BCUT2D eigenvalue weighted by molar-refractivity contribution is -0.131. The van der Waals surface area contributed by atoms with E-state index in [4.69, 9.17) is 16.3 Å². The van der Waals surface area contributed by atoms with E-state index < -0.39 is 5.97 Å². The van der Waals surface area contributed by atoms with Crippen LogP contribution in [0, 0.1) is 0 Å². The molecule has 0 saturated carbocycles. The van der Waals surface area contributed by atoms with Crippen molar-refractivity contribution in [2.24, 2.45) is 0 Å². The monoisotopic (exact) mass is 236 g/mol. The highest BCUT2D eigenvalue weighted by molar-refractivity contribution is 6.33. The first-order chi connectivity index (χ1) is 7.59. The smallest absolute Gasteiger partial charge is 0.308 e. The van der Waals surface area contributed by atoms with Crippen LogP contribution in [-0.4, -0.2) is 11.1 Å². The van der Waals surface area contributed by atoms with Crippen molar-refractivity contribution in [2.45, 2.75) is 6.92 Å². The van der Waals surface area contributed by atoms with Gasteiger partial charge in [-0.25, -0.2) is 0 Å². The quantitative estimate of drug-likeness (QED) is 0.611. The molecule has 0 unspecified atom stereocenters. The van der Waals surface area contributed by atoms with E-state index in [-0.39, 0.29) is 10.8 Å². The van der Waals surface area contributed by atoms with Gasteiger partial charge in [0.05, 0.1) is 5.02 Å². The fraction of sp³-hybridized carbons (Fsp3) is 0.0833. The zero-order chi connectivity index (χ0) is 11.7. The summed E-state index contributed by atoms with van der Waals surface area (Å²) in [6.07, 6.45) is 0. The predicted octanol–water partition coefficient (Wildman–Crippen LogP) is 3.12. The number of hydrogen-bond donors (Lipinski definition) is 1. The van der Waals surface area contributed by atoms with Gasteiger partial charge >= 0.3 is 5.97 Å². The van der Waals surface area contributed by atoms with Crippen LogP contribution < -0.4 is 4.74 Å². The maximum Gasteiger partial charge on any atom is 0.308 e. The number of phenols is 1. The number of ether oxygens (including phenoxy) is 1. The molecule has 0 bridgehead atoms. The van der Waals surface area contributed by atoms with Gasteiger partial charge in [0.25, 0.3) is 0 Å². The summed E-state index contributed by atoms with van der Waals surface area (Å²) >= 11 is 5.83. The van der Waals surface area contributed by atoms with Gasteiger partial charge in [0.15, 0.2) is 0 Å². The summed E-state index contributed by atoms with van der Waals surface area (Å²) < 4.78 is 5.03. The molecule has 0 spiro atoms. The summed E-state index contributed by atoms with van der Waals surface area (Å²) in [6.45, 7) is 1.32. The fourth-order valence-electron chi connectivity index (χ4n) is 1.53. The summed E-state index contributed by atoms with van der Waals surface area (Å²) in [6, 6.07) is 8.46. The molecule has 82 valence electrons. The Morgan fingerprint density at radius 3 is 2.56 bits per heavy atom. The minimum absolute atomic E-state index is 0.00633. The second kappa shape index (κ2) is 4.02. The number of carbonyl (C=O) groups excluding carboxylic acids is 1. The molecular weight excluding hydrogens is 228 g/mol. The number of benzene rings is 2. The summed E-state index contributed by atoms with van der Waals surface area (Å²) in [5.41, 5.74) is 0. The van der Waals surface area contributed by atoms with Gasteiger partial charge in [0, 0.05) is 23.8 Å². The Kier molecular flexibility index (Phi) is 2.71. The Labute approximate surface area is 97.2 Å². The van der Waals surface area contributed by atoms with Crippen molar-refractivity contribution in [2.75, 3.05) is 0 Å². The lowest BCUT2D eigenvalue weighted by Crippen LogP contribution is -2.01. The van der Waals surface area contributed by atoms with Crippen molar-refractivity contribution >= 4 is 28.3 Å². The van der Waals surface area contributed by atoms with E-state index in [0.29, 0.717) is 16.5 Å². The molecule has 0 saturated heterocycles.